The van der Waals surface area contributed by atoms with Gasteiger partial charge in [0.05, 0.1) is 21.2 Å². The summed E-state index contributed by atoms with van der Waals surface area (Å²) in [5.74, 6) is -0.225. The number of aromatic nitrogens is 2. The Morgan fingerprint density at radius 1 is 1.16 bits per heavy atom. The summed E-state index contributed by atoms with van der Waals surface area (Å²) >= 11 is 1.32. The molecule has 1 heterocycles. The van der Waals surface area contributed by atoms with Gasteiger partial charge in [-0.3, -0.25) is 4.79 Å². The molecule has 1 unspecified atom stereocenters. The Kier molecular flexibility index (Phi) is 7.08. The summed E-state index contributed by atoms with van der Waals surface area (Å²) in [5, 5.41) is 3.07. The second-order valence-electron chi connectivity index (χ2n) is 7.38. The summed E-state index contributed by atoms with van der Waals surface area (Å²) in [6.45, 7) is 9.95. The number of rotatable bonds is 8. The monoisotopic (exact) mass is 460 g/mol. The van der Waals surface area contributed by atoms with Crippen molar-refractivity contribution in [1.82, 2.24) is 14.3 Å². The first-order chi connectivity index (χ1) is 14.6. The largest absolute Gasteiger partial charge is 0.333 e. The van der Waals surface area contributed by atoms with Crippen LogP contribution in [-0.4, -0.2) is 46.9 Å². The van der Waals surface area contributed by atoms with Crippen molar-refractivity contribution >= 4 is 44.4 Å². The minimum Gasteiger partial charge on any atom is -0.333 e. The maximum Gasteiger partial charge on any atom is 0.243 e. The molecule has 3 aromatic rings. The van der Waals surface area contributed by atoms with Crippen LogP contribution in [0.15, 0.2) is 46.5 Å². The summed E-state index contributed by atoms with van der Waals surface area (Å²) in [6, 6.07) is 10.9. The number of aryl methyl sites for hydroxylation is 2. The highest BCUT2D eigenvalue weighted by Crippen LogP contribution is 2.27. The van der Waals surface area contributed by atoms with Gasteiger partial charge in [-0.05, 0) is 56.2 Å². The van der Waals surface area contributed by atoms with Gasteiger partial charge in [0.1, 0.15) is 0 Å². The Morgan fingerprint density at radius 3 is 2.55 bits per heavy atom. The molecule has 2 aromatic carbocycles. The standard InChI is InChI=1S/C22H28N4O3S2/c1-6-26(7-2)31(28,29)20-13-17(10-9-15(20)4)23-21(27)16(5)30-22-24-18-11-8-14(3)12-19(18)25-22/h8-13,16H,6-7H2,1-5H3,(H,23,27)(H,24,25). The number of nitrogens with one attached hydrogen (secondary N) is 2. The molecule has 0 aliphatic carbocycles. The number of aromatic amines is 1. The van der Waals surface area contributed by atoms with Crippen LogP contribution in [0.2, 0.25) is 0 Å². The highest BCUT2D eigenvalue weighted by Gasteiger charge is 2.24. The van der Waals surface area contributed by atoms with Crippen LogP contribution in [0.4, 0.5) is 5.69 Å². The lowest BCUT2D eigenvalue weighted by molar-refractivity contribution is -0.115. The van der Waals surface area contributed by atoms with Gasteiger partial charge in [-0.1, -0.05) is 37.7 Å². The third kappa shape index (κ3) is 5.11. The number of anilines is 1. The zero-order valence-electron chi connectivity index (χ0n) is 18.4. The number of benzene rings is 2. The molecule has 0 spiro atoms. The molecule has 0 aliphatic rings. The number of hydrogen-bond donors (Lipinski definition) is 2. The van der Waals surface area contributed by atoms with E-state index in [-0.39, 0.29) is 10.8 Å². The number of carbonyl (C=O) groups is 1. The van der Waals surface area contributed by atoms with E-state index in [0.717, 1.165) is 16.6 Å². The Bertz CT molecular complexity index is 1200. The minimum absolute atomic E-state index is 0.210. The van der Waals surface area contributed by atoms with E-state index in [1.165, 1.54) is 22.1 Å². The number of thioether (sulfide) groups is 1. The van der Waals surface area contributed by atoms with Crippen molar-refractivity contribution in [3.63, 3.8) is 0 Å². The quantitative estimate of drug-likeness (QED) is 0.488. The molecule has 1 amide bonds. The summed E-state index contributed by atoms with van der Waals surface area (Å²) in [7, 11) is -3.62. The Hall–Kier alpha value is -2.36. The number of H-pyrrole nitrogens is 1. The predicted molar refractivity (Wildman–Crippen MR) is 126 cm³/mol. The molecule has 0 saturated carbocycles. The van der Waals surface area contributed by atoms with Gasteiger partial charge in [-0.25, -0.2) is 13.4 Å². The van der Waals surface area contributed by atoms with Crippen molar-refractivity contribution in [3.05, 3.63) is 47.5 Å². The van der Waals surface area contributed by atoms with Crippen LogP contribution in [0.3, 0.4) is 0 Å². The Balaban J connectivity index is 1.76. The summed E-state index contributed by atoms with van der Waals surface area (Å²) in [6.07, 6.45) is 0. The van der Waals surface area contributed by atoms with Crippen LogP contribution in [0.1, 0.15) is 31.9 Å². The van der Waals surface area contributed by atoms with Gasteiger partial charge in [0.2, 0.25) is 15.9 Å². The lowest BCUT2D eigenvalue weighted by Crippen LogP contribution is -2.31. The lowest BCUT2D eigenvalue weighted by atomic mass is 10.2. The summed E-state index contributed by atoms with van der Waals surface area (Å²) in [5.41, 5.74) is 4.01. The number of sulfonamides is 1. The zero-order valence-corrected chi connectivity index (χ0v) is 20.0. The number of fused-ring (bicyclic) bond motifs is 1. The normalized spacial score (nSPS) is 13.0. The topological polar surface area (TPSA) is 95.2 Å². The number of nitrogens with zero attached hydrogens (tertiary/aromatic N) is 2. The van der Waals surface area contributed by atoms with Gasteiger partial charge in [0.25, 0.3) is 0 Å². The van der Waals surface area contributed by atoms with Crippen LogP contribution >= 0.6 is 11.8 Å². The average molecular weight is 461 g/mol. The van der Waals surface area contributed by atoms with Crippen LogP contribution < -0.4 is 5.32 Å². The van der Waals surface area contributed by atoms with Gasteiger partial charge in [0, 0.05) is 18.8 Å². The van der Waals surface area contributed by atoms with Gasteiger partial charge < -0.3 is 10.3 Å². The van der Waals surface area contributed by atoms with Crippen LogP contribution in [-0.2, 0) is 14.8 Å². The molecule has 0 fully saturated rings. The van der Waals surface area contributed by atoms with E-state index in [1.807, 2.05) is 25.1 Å². The molecular formula is C22H28N4O3S2. The fourth-order valence-corrected chi connectivity index (χ4v) is 5.81. The fourth-order valence-electron chi connectivity index (χ4n) is 3.28. The van der Waals surface area contributed by atoms with E-state index in [0.29, 0.717) is 29.5 Å². The van der Waals surface area contributed by atoms with Crippen molar-refractivity contribution in [1.29, 1.82) is 0 Å². The number of hydrogen-bond acceptors (Lipinski definition) is 5. The predicted octanol–water partition coefficient (Wildman–Crippen LogP) is 4.33. The zero-order chi connectivity index (χ0) is 22.8. The lowest BCUT2D eigenvalue weighted by Gasteiger charge is -2.20. The SMILES string of the molecule is CCN(CC)S(=O)(=O)c1cc(NC(=O)C(C)Sc2nc3ccc(C)cc3[nH]2)ccc1C. The van der Waals surface area contributed by atoms with Gasteiger partial charge in [-0.2, -0.15) is 4.31 Å². The molecule has 1 atom stereocenters. The maximum atomic E-state index is 12.9. The molecule has 0 aliphatic heterocycles. The van der Waals surface area contributed by atoms with E-state index in [9.17, 15) is 13.2 Å². The second-order valence-corrected chi connectivity index (χ2v) is 10.6. The third-order valence-corrected chi connectivity index (χ3v) is 8.23. The van der Waals surface area contributed by atoms with Crippen LogP contribution in [0, 0.1) is 13.8 Å². The first-order valence-electron chi connectivity index (χ1n) is 10.2. The molecule has 3 rings (SSSR count). The molecular weight excluding hydrogens is 432 g/mol. The van der Waals surface area contributed by atoms with Crippen LogP contribution in [0.5, 0.6) is 0 Å². The van der Waals surface area contributed by atoms with E-state index >= 15 is 0 Å². The Labute approximate surface area is 187 Å². The van der Waals surface area contributed by atoms with E-state index in [2.05, 4.69) is 15.3 Å². The fraction of sp³-hybridized carbons (Fsp3) is 0.364. The van der Waals surface area contributed by atoms with E-state index < -0.39 is 15.3 Å². The third-order valence-electron chi connectivity index (χ3n) is 5.05. The Morgan fingerprint density at radius 2 is 1.87 bits per heavy atom. The van der Waals surface area contributed by atoms with Crippen molar-refractivity contribution in [2.75, 3.05) is 18.4 Å². The highest BCUT2D eigenvalue weighted by atomic mass is 32.2. The van der Waals surface area contributed by atoms with E-state index in [4.69, 9.17) is 0 Å². The second kappa shape index (κ2) is 9.42. The highest BCUT2D eigenvalue weighted by molar-refractivity contribution is 8.00. The molecule has 1 aromatic heterocycles. The molecule has 0 bridgehead atoms. The summed E-state index contributed by atoms with van der Waals surface area (Å²) in [4.78, 5) is 20.7. The first-order valence-corrected chi connectivity index (χ1v) is 12.5. The van der Waals surface area contributed by atoms with Gasteiger partial charge >= 0.3 is 0 Å². The van der Waals surface area contributed by atoms with Crippen LogP contribution in [0.25, 0.3) is 11.0 Å². The smallest absolute Gasteiger partial charge is 0.243 e. The van der Waals surface area contributed by atoms with Gasteiger partial charge in [-0.15, -0.1) is 0 Å². The molecule has 0 radical (unpaired) electrons. The van der Waals surface area contributed by atoms with E-state index in [1.54, 1.807) is 39.8 Å². The number of carbonyl (C=O) groups excluding carboxylic acids is 1. The molecule has 166 valence electrons. The maximum absolute atomic E-state index is 12.9. The first kappa shape index (κ1) is 23.3. The summed E-state index contributed by atoms with van der Waals surface area (Å²) < 4.78 is 27.3. The van der Waals surface area contributed by atoms with Crippen molar-refractivity contribution in [2.45, 2.75) is 49.9 Å². The molecule has 2 N–H and O–H groups in total. The molecule has 31 heavy (non-hydrogen) atoms. The molecule has 9 heteroatoms. The molecule has 7 nitrogen and oxygen atoms in total. The average Bonchev–Trinajstić information content (AvgIpc) is 3.11. The van der Waals surface area contributed by atoms with Crippen molar-refractivity contribution in [3.8, 4) is 0 Å². The number of amides is 1. The van der Waals surface area contributed by atoms with Crippen molar-refractivity contribution < 1.29 is 13.2 Å². The van der Waals surface area contributed by atoms with Crippen molar-refractivity contribution in [2.24, 2.45) is 0 Å². The van der Waals surface area contributed by atoms with Gasteiger partial charge in [0.15, 0.2) is 5.16 Å². The molecule has 0 saturated heterocycles. The number of imidazole rings is 1. The minimum atomic E-state index is -3.62.